The Hall–Kier alpha value is -1.20. The van der Waals surface area contributed by atoms with E-state index in [2.05, 4.69) is 13.0 Å². The Balaban J connectivity index is 1.68. The van der Waals surface area contributed by atoms with Gasteiger partial charge in [0.2, 0.25) is 0 Å². The molecule has 4 rings (SSSR count). The minimum absolute atomic E-state index is 0.0595. The number of hydrogen-bond acceptors (Lipinski definition) is 5. The van der Waals surface area contributed by atoms with Crippen LogP contribution in [0, 0.1) is 28.6 Å². The highest BCUT2D eigenvalue weighted by molar-refractivity contribution is 5.80. The molecule has 2 N–H and O–H groups in total. The number of aliphatic hydroxyl groups excluding tert-OH is 1. The molecule has 5 heteroatoms. The topological polar surface area (TPSA) is 83.8 Å². The summed E-state index contributed by atoms with van der Waals surface area (Å²) in [5.41, 5.74) is -0.557. The first-order chi connectivity index (χ1) is 13.0. The van der Waals surface area contributed by atoms with E-state index in [1.54, 1.807) is 6.92 Å². The van der Waals surface area contributed by atoms with E-state index in [1.807, 2.05) is 6.92 Å². The standard InChI is InChI=1S/C23H34O5/c1-13(24)17-8-10-23(27)18-6-5-15-11-16(28-14(2)25)7-9-21(15,3)19(18)12-20(26)22(17,23)4/h5,16-20,26-27H,6-12H2,1-4H3/t16-,17+,18+,19-,20+,21-,22-,23-/m0/s1. The van der Waals surface area contributed by atoms with Gasteiger partial charge >= 0.3 is 5.97 Å². The molecular formula is C23H34O5. The molecule has 0 radical (unpaired) electrons. The lowest BCUT2D eigenvalue weighted by Gasteiger charge is -2.62. The highest BCUT2D eigenvalue weighted by Gasteiger charge is 2.70. The number of fused-ring (bicyclic) bond motifs is 5. The smallest absolute Gasteiger partial charge is 0.302 e. The van der Waals surface area contributed by atoms with Gasteiger partial charge in [0, 0.05) is 24.7 Å². The molecule has 5 nitrogen and oxygen atoms in total. The molecule has 28 heavy (non-hydrogen) atoms. The first-order valence-electron chi connectivity index (χ1n) is 10.8. The van der Waals surface area contributed by atoms with Crippen LogP contribution in [0.15, 0.2) is 11.6 Å². The maximum absolute atomic E-state index is 12.3. The molecule has 4 aliphatic rings. The molecule has 0 aromatic rings. The molecule has 0 aromatic heterocycles. The average Bonchev–Trinajstić information content (AvgIpc) is 2.89. The largest absolute Gasteiger partial charge is 0.462 e. The lowest BCUT2D eigenvalue weighted by Crippen LogP contribution is -2.66. The number of carbonyl (C=O) groups excluding carboxylic acids is 2. The number of carbonyl (C=O) groups is 2. The van der Waals surface area contributed by atoms with E-state index in [0.717, 1.165) is 25.7 Å². The van der Waals surface area contributed by atoms with E-state index < -0.39 is 17.1 Å². The molecular weight excluding hydrogens is 356 g/mol. The summed E-state index contributed by atoms with van der Waals surface area (Å²) in [5.74, 6) is -0.182. The molecule has 0 aromatic carbocycles. The number of Topliss-reactive ketones (excluding diaryl/α,β-unsaturated/α-hetero) is 1. The van der Waals surface area contributed by atoms with Gasteiger partial charge in [-0.3, -0.25) is 9.59 Å². The fourth-order valence-electron chi connectivity index (χ4n) is 7.56. The minimum Gasteiger partial charge on any atom is -0.462 e. The average molecular weight is 391 g/mol. The van der Waals surface area contributed by atoms with Gasteiger partial charge in [-0.25, -0.2) is 0 Å². The summed E-state index contributed by atoms with van der Waals surface area (Å²) in [6, 6.07) is 0. The molecule has 0 unspecified atom stereocenters. The van der Waals surface area contributed by atoms with Crippen molar-refractivity contribution >= 4 is 11.8 Å². The molecule has 0 amide bonds. The first-order valence-corrected chi connectivity index (χ1v) is 10.8. The summed E-state index contributed by atoms with van der Waals surface area (Å²) < 4.78 is 5.47. The maximum Gasteiger partial charge on any atom is 0.302 e. The third-order valence-electron chi connectivity index (χ3n) is 9.17. The fourth-order valence-corrected chi connectivity index (χ4v) is 7.56. The number of hydrogen-bond donors (Lipinski definition) is 2. The Morgan fingerprint density at radius 3 is 2.50 bits per heavy atom. The Kier molecular flexibility index (Phi) is 4.59. The number of aliphatic hydroxyl groups is 2. The lowest BCUT2D eigenvalue weighted by atomic mass is 9.45. The highest BCUT2D eigenvalue weighted by Crippen LogP contribution is 2.68. The van der Waals surface area contributed by atoms with Crippen LogP contribution in [-0.2, 0) is 14.3 Å². The van der Waals surface area contributed by atoms with Gasteiger partial charge in [0.05, 0.1) is 11.7 Å². The van der Waals surface area contributed by atoms with Crippen LogP contribution in [0.5, 0.6) is 0 Å². The predicted octanol–water partition coefficient (Wildman–Crippen LogP) is 3.17. The number of ether oxygens (including phenoxy) is 1. The number of allylic oxidation sites excluding steroid dienone is 1. The van der Waals surface area contributed by atoms with Gasteiger partial charge < -0.3 is 14.9 Å². The van der Waals surface area contributed by atoms with E-state index >= 15 is 0 Å². The van der Waals surface area contributed by atoms with Gasteiger partial charge in [-0.2, -0.15) is 0 Å². The van der Waals surface area contributed by atoms with Crippen LogP contribution >= 0.6 is 0 Å². The zero-order valence-corrected chi connectivity index (χ0v) is 17.5. The van der Waals surface area contributed by atoms with Gasteiger partial charge in [0.1, 0.15) is 11.9 Å². The van der Waals surface area contributed by atoms with Crippen molar-refractivity contribution in [3.63, 3.8) is 0 Å². The second-order valence-corrected chi connectivity index (χ2v) is 10.2. The van der Waals surface area contributed by atoms with Crippen molar-refractivity contribution in [2.45, 2.75) is 90.4 Å². The molecule has 0 spiro atoms. The van der Waals surface area contributed by atoms with Crippen molar-refractivity contribution in [2.75, 3.05) is 0 Å². The molecule has 4 aliphatic carbocycles. The molecule has 0 heterocycles. The predicted molar refractivity (Wildman–Crippen MR) is 104 cm³/mol. The summed E-state index contributed by atoms with van der Waals surface area (Å²) in [4.78, 5) is 23.7. The summed E-state index contributed by atoms with van der Waals surface area (Å²) in [7, 11) is 0. The van der Waals surface area contributed by atoms with Crippen LogP contribution in [0.2, 0.25) is 0 Å². The van der Waals surface area contributed by atoms with Crippen molar-refractivity contribution in [3.05, 3.63) is 11.6 Å². The van der Waals surface area contributed by atoms with Gasteiger partial charge in [0.25, 0.3) is 0 Å². The molecule has 0 saturated heterocycles. The summed E-state index contributed by atoms with van der Waals surface area (Å²) in [5, 5.41) is 23.2. The van der Waals surface area contributed by atoms with Crippen LogP contribution in [-0.4, -0.2) is 39.8 Å². The fraction of sp³-hybridized carbons (Fsp3) is 0.826. The Morgan fingerprint density at radius 1 is 1.14 bits per heavy atom. The second kappa shape index (κ2) is 6.40. The quantitative estimate of drug-likeness (QED) is 0.559. The van der Waals surface area contributed by atoms with Crippen molar-refractivity contribution in [1.82, 2.24) is 0 Å². The first kappa shape index (κ1) is 20.1. The minimum atomic E-state index is -1.01. The molecule has 3 saturated carbocycles. The molecule has 0 aliphatic heterocycles. The Labute approximate surface area is 167 Å². The lowest BCUT2D eigenvalue weighted by molar-refractivity contribution is -0.224. The van der Waals surface area contributed by atoms with Crippen molar-refractivity contribution < 1.29 is 24.5 Å². The summed E-state index contributed by atoms with van der Waals surface area (Å²) in [6.07, 6.45) is 6.61. The molecule has 156 valence electrons. The van der Waals surface area contributed by atoms with Crippen molar-refractivity contribution in [1.29, 1.82) is 0 Å². The zero-order chi connectivity index (χ0) is 20.5. The van der Waals surface area contributed by atoms with E-state index in [4.69, 9.17) is 4.74 Å². The normalized spacial score (nSPS) is 50.1. The van der Waals surface area contributed by atoms with Gasteiger partial charge in [-0.05, 0) is 62.7 Å². The Bertz CT molecular complexity index is 729. The third-order valence-corrected chi connectivity index (χ3v) is 9.17. The van der Waals surface area contributed by atoms with E-state index in [1.165, 1.54) is 12.5 Å². The van der Waals surface area contributed by atoms with E-state index in [0.29, 0.717) is 19.3 Å². The maximum atomic E-state index is 12.3. The van der Waals surface area contributed by atoms with Crippen LogP contribution in [0.3, 0.4) is 0 Å². The molecule has 3 fully saturated rings. The summed E-state index contributed by atoms with van der Waals surface area (Å²) >= 11 is 0. The SMILES string of the molecule is CC(=O)O[C@H]1CC[C@@]2(C)C(=CC[C@@H]3[C@@H]2C[C@@H](O)[C@]2(C)[C@@H](C(C)=O)CC[C@]32O)C1. The number of esters is 1. The van der Waals surface area contributed by atoms with Crippen molar-refractivity contribution in [2.24, 2.45) is 28.6 Å². The van der Waals surface area contributed by atoms with Crippen LogP contribution in [0.1, 0.15) is 72.6 Å². The van der Waals surface area contributed by atoms with Gasteiger partial charge in [0.15, 0.2) is 0 Å². The zero-order valence-electron chi connectivity index (χ0n) is 17.5. The third kappa shape index (κ3) is 2.51. The summed E-state index contributed by atoms with van der Waals surface area (Å²) in [6.45, 7) is 7.25. The van der Waals surface area contributed by atoms with Crippen LogP contribution in [0.25, 0.3) is 0 Å². The highest BCUT2D eigenvalue weighted by atomic mass is 16.5. The van der Waals surface area contributed by atoms with Crippen molar-refractivity contribution in [3.8, 4) is 0 Å². The molecule has 8 atom stereocenters. The van der Waals surface area contributed by atoms with Crippen LogP contribution in [0.4, 0.5) is 0 Å². The number of rotatable bonds is 2. The van der Waals surface area contributed by atoms with Gasteiger partial charge in [-0.1, -0.05) is 25.5 Å². The van der Waals surface area contributed by atoms with Crippen LogP contribution < -0.4 is 0 Å². The number of ketones is 1. The van der Waals surface area contributed by atoms with E-state index in [9.17, 15) is 19.8 Å². The Morgan fingerprint density at radius 2 is 1.86 bits per heavy atom. The van der Waals surface area contributed by atoms with Gasteiger partial charge in [-0.15, -0.1) is 0 Å². The second-order valence-electron chi connectivity index (χ2n) is 10.2. The monoisotopic (exact) mass is 390 g/mol. The van der Waals surface area contributed by atoms with E-state index in [-0.39, 0.29) is 41.0 Å². The molecule has 0 bridgehead atoms.